The van der Waals surface area contributed by atoms with Gasteiger partial charge in [-0.3, -0.25) is 4.99 Å². The van der Waals surface area contributed by atoms with E-state index in [0.29, 0.717) is 25.7 Å². The van der Waals surface area contributed by atoms with Crippen LogP contribution in [0.15, 0.2) is 23.2 Å². The molecule has 0 saturated heterocycles. The van der Waals surface area contributed by atoms with Crippen LogP contribution < -0.4 is 20.5 Å². The largest absolute Gasteiger partial charge is 0.494 e. The highest BCUT2D eigenvalue weighted by atomic mass is 127. The Hall–Kier alpha value is -1.22. The third-order valence-electron chi connectivity index (χ3n) is 3.51. The fourth-order valence-electron chi connectivity index (χ4n) is 2.38. The molecule has 0 atom stereocenters. The molecule has 7 heteroatoms. The summed E-state index contributed by atoms with van der Waals surface area (Å²) >= 11 is 0. The first-order chi connectivity index (χ1) is 11.6. The maximum absolute atomic E-state index is 6.02. The SMILES string of the molecule is CCCN(CC)CCN=C(N)Nc1cc(OCC)ccc1OCC.I. The van der Waals surface area contributed by atoms with E-state index in [9.17, 15) is 0 Å². The zero-order chi connectivity index (χ0) is 17.8. The first-order valence-electron chi connectivity index (χ1n) is 8.83. The number of ether oxygens (including phenoxy) is 2. The van der Waals surface area contributed by atoms with Crippen molar-refractivity contribution < 1.29 is 9.47 Å². The van der Waals surface area contributed by atoms with Crippen LogP contribution in [0.5, 0.6) is 11.5 Å². The van der Waals surface area contributed by atoms with Gasteiger partial charge in [-0.2, -0.15) is 0 Å². The normalized spacial score (nSPS) is 11.2. The molecule has 1 aromatic rings. The zero-order valence-corrected chi connectivity index (χ0v) is 18.2. The molecule has 3 N–H and O–H groups in total. The third-order valence-corrected chi connectivity index (χ3v) is 3.51. The number of anilines is 1. The van der Waals surface area contributed by atoms with Crippen molar-refractivity contribution in [1.29, 1.82) is 0 Å². The third kappa shape index (κ3) is 9.15. The van der Waals surface area contributed by atoms with E-state index in [1.54, 1.807) is 0 Å². The van der Waals surface area contributed by atoms with E-state index in [1.807, 2.05) is 32.0 Å². The lowest BCUT2D eigenvalue weighted by molar-refractivity contribution is 0.297. The van der Waals surface area contributed by atoms with Crippen molar-refractivity contribution in [2.45, 2.75) is 34.1 Å². The average Bonchev–Trinajstić information content (AvgIpc) is 2.57. The molecule has 0 radical (unpaired) electrons. The van der Waals surface area contributed by atoms with E-state index in [2.05, 4.69) is 29.1 Å². The summed E-state index contributed by atoms with van der Waals surface area (Å²) in [6.45, 7) is 13.1. The minimum absolute atomic E-state index is 0. The molecule has 0 aliphatic carbocycles. The van der Waals surface area contributed by atoms with Gasteiger partial charge in [-0.05, 0) is 45.5 Å². The van der Waals surface area contributed by atoms with Crippen LogP contribution in [0, 0.1) is 0 Å². The predicted octanol–water partition coefficient (Wildman–Crippen LogP) is 3.56. The van der Waals surface area contributed by atoms with Gasteiger partial charge in [0.2, 0.25) is 0 Å². The molecule has 6 nitrogen and oxygen atoms in total. The van der Waals surface area contributed by atoms with E-state index >= 15 is 0 Å². The molecule has 0 aliphatic rings. The number of benzene rings is 1. The molecule has 0 heterocycles. The summed E-state index contributed by atoms with van der Waals surface area (Å²) in [5.41, 5.74) is 6.79. The van der Waals surface area contributed by atoms with Crippen molar-refractivity contribution in [3.05, 3.63) is 18.2 Å². The Bertz CT molecular complexity index is 512. The van der Waals surface area contributed by atoms with Crippen LogP contribution in [-0.4, -0.2) is 50.3 Å². The molecular formula is C18H33IN4O2. The van der Waals surface area contributed by atoms with Crippen LogP contribution in [0.4, 0.5) is 5.69 Å². The fraction of sp³-hybridized carbons (Fsp3) is 0.611. The highest BCUT2D eigenvalue weighted by molar-refractivity contribution is 14.0. The lowest BCUT2D eigenvalue weighted by Crippen LogP contribution is -2.29. The van der Waals surface area contributed by atoms with Crippen molar-refractivity contribution in [2.75, 3.05) is 44.7 Å². The molecule has 0 bridgehead atoms. The number of guanidine groups is 1. The first-order valence-corrected chi connectivity index (χ1v) is 8.83. The predicted molar refractivity (Wildman–Crippen MR) is 117 cm³/mol. The minimum Gasteiger partial charge on any atom is -0.494 e. The average molecular weight is 464 g/mol. The quantitative estimate of drug-likeness (QED) is 0.298. The molecule has 0 aromatic heterocycles. The summed E-state index contributed by atoms with van der Waals surface area (Å²) in [5.74, 6) is 1.90. The van der Waals surface area contributed by atoms with E-state index in [1.165, 1.54) is 0 Å². The number of rotatable bonds is 11. The van der Waals surface area contributed by atoms with Gasteiger partial charge in [0.25, 0.3) is 0 Å². The van der Waals surface area contributed by atoms with Gasteiger partial charge in [0.1, 0.15) is 11.5 Å². The summed E-state index contributed by atoms with van der Waals surface area (Å²) in [5, 5.41) is 3.12. The monoisotopic (exact) mass is 464 g/mol. The van der Waals surface area contributed by atoms with E-state index in [-0.39, 0.29) is 24.0 Å². The number of aliphatic imine (C=N–C) groups is 1. The van der Waals surface area contributed by atoms with Crippen LogP contribution in [0.1, 0.15) is 34.1 Å². The Balaban J connectivity index is 0.00000576. The van der Waals surface area contributed by atoms with Gasteiger partial charge in [-0.15, -0.1) is 24.0 Å². The molecule has 0 fully saturated rings. The Morgan fingerprint density at radius 1 is 1.12 bits per heavy atom. The Kier molecular flexibility index (Phi) is 13.3. The van der Waals surface area contributed by atoms with Crippen LogP contribution >= 0.6 is 24.0 Å². The molecule has 1 aromatic carbocycles. The van der Waals surface area contributed by atoms with Crippen LogP contribution in [0.2, 0.25) is 0 Å². The van der Waals surface area contributed by atoms with Crippen molar-refractivity contribution in [3.63, 3.8) is 0 Å². The summed E-state index contributed by atoms with van der Waals surface area (Å²) in [7, 11) is 0. The number of nitrogens with zero attached hydrogens (tertiary/aromatic N) is 2. The lowest BCUT2D eigenvalue weighted by Gasteiger charge is -2.18. The van der Waals surface area contributed by atoms with Crippen LogP contribution in [0.3, 0.4) is 0 Å². The second kappa shape index (κ2) is 14.0. The maximum atomic E-state index is 6.02. The van der Waals surface area contributed by atoms with Gasteiger partial charge in [0.05, 0.1) is 25.4 Å². The van der Waals surface area contributed by atoms with Crippen LogP contribution in [0.25, 0.3) is 0 Å². The topological polar surface area (TPSA) is 72.1 Å². The molecule has 0 unspecified atom stereocenters. The Morgan fingerprint density at radius 2 is 1.84 bits per heavy atom. The van der Waals surface area contributed by atoms with Crippen molar-refractivity contribution in [2.24, 2.45) is 10.7 Å². The zero-order valence-electron chi connectivity index (χ0n) is 15.9. The first kappa shape index (κ1) is 23.8. The molecule has 0 spiro atoms. The number of hydrogen-bond acceptors (Lipinski definition) is 4. The van der Waals surface area contributed by atoms with Gasteiger partial charge in [0, 0.05) is 12.6 Å². The second-order valence-electron chi connectivity index (χ2n) is 5.35. The van der Waals surface area contributed by atoms with Gasteiger partial charge in [-0.1, -0.05) is 13.8 Å². The molecular weight excluding hydrogens is 431 g/mol. The van der Waals surface area contributed by atoms with Crippen molar-refractivity contribution >= 4 is 35.6 Å². The number of halogens is 1. The lowest BCUT2D eigenvalue weighted by atomic mass is 10.2. The number of likely N-dealkylation sites (N-methyl/N-ethyl adjacent to an activating group) is 1. The van der Waals surface area contributed by atoms with Gasteiger partial charge in [-0.25, -0.2) is 0 Å². The maximum Gasteiger partial charge on any atom is 0.193 e. The molecule has 0 amide bonds. The summed E-state index contributed by atoms with van der Waals surface area (Å²) in [4.78, 5) is 6.77. The molecule has 0 saturated carbocycles. The highest BCUT2D eigenvalue weighted by Crippen LogP contribution is 2.29. The van der Waals surface area contributed by atoms with E-state index in [0.717, 1.165) is 43.2 Å². The number of hydrogen-bond donors (Lipinski definition) is 2. The van der Waals surface area contributed by atoms with E-state index < -0.39 is 0 Å². The molecule has 1 rings (SSSR count). The number of nitrogens with two attached hydrogens (primary N) is 1. The summed E-state index contributed by atoms with van der Waals surface area (Å²) in [6.07, 6.45) is 1.15. The molecule has 0 aliphatic heterocycles. The van der Waals surface area contributed by atoms with E-state index in [4.69, 9.17) is 15.2 Å². The highest BCUT2D eigenvalue weighted by Gasteiger charge is 2.07. The smallest absolute Gasteiger partial charge is 0.193 e. The molecule has 144 valence electrons. The van der Waals surface area contributed by atoms with Gasteiger partial charge < -0.3 is 25.4 Å². The Morgan fingerprint density at radius 3 is 2.44 bits per heavy atom. The van der Waals surface area contributed by atoms with Crippen LogP contribution in [-0.2, 0) is 0 Å². The van der Waals surface area contributed by atoms with Crippen molar-refractivity contribution in [1.82, 2.24) is 4.90 Å². The number of nitrogens with one attached hydrogen (secondary N) is 1. The summed E-state index contributed by atoms with van der Waals surface area (Å²) in [6, 6.07) is 5.65. The van der Waals surface area contributed by atoms with Gasteiger partial charge >= 0.3 is 0 Å². The second-order valence-corrected chi connectivity index (χ2v) is 5.35. The van der Waals surface area contributed by atoms with Gasteiger partial charge in [0.15, 0.2) is 5.96 Å². The fourth-order valence-corrected chi connectivity index (χ4v) is 2.38. The Labute approximate surface area is 169 Å². The summed E-state index contributed by atoms with van der Waals surface area (Å²) < 4.78 is 11.2. The van der Waals surface area contributed by atoms with Crippen molar-refractivity contribution in [3.8, 4) is 11.5 Å². The standard InChI is InChI=1S/C18H32N4O2.HI/c1-5-12-22(6-2)13-11-20-18(19)21-16-14-15(23-7-3)9-10-17(16)24-8-4;/h9-10,14H,5-8,11-13H2,1-4H3,(H3,19,20,21);1H. The minimum atomic E-state index is 0. The molecule has 25 heavy (non-hydrogen) atoms.